The SMILES string of the molecule is CCOC(=O)Nc1cccc(C(=O)N(CC)CC(=O)NC(C)(C)C)c1. The first-order valence-corrected chi connectivity index (χ1v) is 8.30. The number of nitrogens with zero attached hydrogens (tertiary/aromatic N) is 1. The molecule has 1 aromatic rings. The van der Waals surface area contributed by atoms with Crippen LogP contribution in [0.5, 0.6) is 0 Å². The van der Waals surface area contributed by atoms with Crippen LogP contribution in [0.2, 0.25) is 0 Å². The van der Waals surface area contributed by atoms with Crippen LogP contribution >= 0.6 is 0 Å². The van der Waals surface area contributed by atoms with E-state index < -0.39 is 6.09 Å². The van der Waals surface area contributed by atoms with Gasteiger partial charge in [0.2, 0.25) is 5.91 Å². The maximum absolute atomic E-state index is 12.6. The number of nitrogens with one attached hydrogen (secondary N) is 2. The summed E-state index contributed by atoms with van der Waals surface area (Å²) in [5, 5.41) is 5.39. The van der Waals surface area contributed by atoms with Gasteiger partial charge in [-0.1, -0.05) is 6.07 Å². The van der Waals surface area contributed by atoms with Crippen molar-refractivity contribution in [3.8, 4) is 0 Å². The maximum atomic E-state index is 12.6. The van der Waals surface area contributed by atoms with Gasteiger partial charge in [0.1, 0.15) is 0 Å². The van der Waals surface area contributed by atoms with Crippen molar-refractivity contribution in [1.82, 2.24) is 10.2 Å². The lowest BCUT2D eigenvalue weighted by Gasteiger charge is -2.25. The molecule has 1 rings (SSSR count). The average Bonchev–Trinajstić information content (AvgIpc) is 2.50. The van der Waals surface area contributed by atoms with Gasteiger partial charge in [-0.3, -0.25) is 14.9 Å². The van der Waals surface area contributed by atoms with E-state index in [9.17, 15) is 14.4 Å². The number of likely N-dealkylation sites (N-methyl/N-ethyl adjacent to an activating group) is 1. The molecule has 0 saturated heterocycles. The first-order valence-electron chi connectivity index (χ1n) is 8.30. The van der Waals surface area contributed by atoms with Crippen LogP contribution in [-0.2, 0) is 9.53 Å². The molecule has 1 aromatic carbocycles. The largest absolute Gasteiger partial charge is 0.450 e. The van der Waals surface area contributed by atoms with Crippen LogP contribution in [-0.4, -0.2) is 48.0 Å². The summed E-state index contributed by atoms with van der Waals surface area (Å²) < 4.78 is 4.82. The van der Waals surface area contributed by atoms with Gasteiger partial charge in [0, 0.05) is 23.3 Å². The van der Waals surface area contributed by atoms with Crippen molar-refractivity contribution in [2.45, 2.75) is 40.2 Å². The van der Waals surface area contributed by atoms with Crippen LogP contribution in [0.15, 0.2) is 24.3 Å². The first kappa shape index (κ1) is 20.5. The molecular formula is C18H27N3O4. The monoisotopic (exact) mass is 349 g/mol. The lowest BCUT2D eigenvalue weighted by atomic mass is 10.1. The number of benzene rings is 1. The van der Waals surface area contributed by atoms with Crippen molar-refractivity contribution >= 4 is 23.6 Å². The first-order chi connectivity index (χ1) is 11.7. The number of rotatable bonds is 6. The minimum Gasteiger partial charge on any atom is -0.450 e. The highest BCUT2D eigenvalue weighted by atomic mass is 16.5. The van der Waals surface area contributed by atoms with Crippen molar-refractivity contribution < 1.29 is 19.1 Å². The Morgan fingerprint density at radius 1 is 1.16 bits per heavy atom. The molecule has 0 radical (unpaired) electrons. The summed E-state index contributed by atoms with van der Waals surface area (Å²) in [6.07, 6.45) is -0.580. The minimum atomic E-state index is -0.580. The Balaban J connectivity index is 2.82. The van der Waals surface area contributed by atoms with Gasteiger partial charge in [-0.05, 0) is 52.8 Å². The smallest absolute Gasteiger partial charge is 0.411 e. The van der Waals surface area contributed by atoms with Crippen molar-refractivity contribution in [3.63, 3.8) is 0 Å². The van der Waals surface area contributed by atoms with Crippen LogP contribution in [0, 0.1) is 0 Å². The summed E-state index contributed by atoms with van der Waals surface area (Å²) in [7, 11) is 0. The molecule has 0 unspecified atom stereocenters. The van der Waals surface area contributed by atoms with Crippen LogP contribution in [0.4, 0.5) is 10.5 Å². The third-order valence-corrected chi connectivity index (χ3v) is 3.15. The average molecular weight is 349 g/mol. The second kappa shape index (κ2) is 9.05. The molecule has 0 atom stereocenters. The Morgan fingerprint density at radius 2 is 1.84 bits per heavy atom. The molecule has 3 amide bonds. The molecule has 0 aliphatic heterocycles. The summed E-state index contributed by atoms with van der Waals surface area (Å²) in [6.45, 7) is 9.80. The molecule has 0 saturated carbocycles. The van der Waals surface area contributed by atoms with Crippen LogP contribution < -0.4 is 10.6 Å². The Labute approximate surface area is 148 Å². The summed E-state index contributed by atoms with van der Waals surface area (Å²) in [6, 6.07) is 6.53. The predicted octanol–water partition coefficient (Wildman–Crippen LogP) is 2.63. The lowest BCUT2D eigenvalue weighted by Crippen LogP contribution is -2.47. The van der Waals surface area contributed by atoms with E-state index >= 15 is 0 Å². The van der Waals surface area contributed by atoms with Crippen molar-refractivity contribution in [2.75, 3.05) is 25.0 Å². The Kier molecular flexibility index (Phi) is 7.42. The van der Waals surface area contributed by atoms with E-state index in [1.165, 1.54) is 4.90 Å². The molecule has 0 aliphatic rings. The van der Waals surface area contributed by atoms with Gasteiger partial charge in [0.05, 0.1) is 13.2 Å². The van der Waals surface area contributed by atoms with Gasteiger partial charge < -0.3 is 15.0 Å². The zero-order valence-corrected chi connectivity index (χ0v) is 15.5. The minimum absolute atomic E-state index is 0.0257. The van der Waals surface area contributed by atoms with Gasteiger partial charge in [-0.15, -0.1) is 0 Å². The molecule has 0 aliphatic carbocycles. The fourth-order valence-corrected chi connectivity index (χ4v) is 2.16. The highest BCUT2D eigenvalue weighted by Gasteiger charge is 2.20. The molecule has 138 valence electrons. The number of hydrogen-bond acceptors (Lipinski definition) is 4. The van der Waals surface area contributed by atoms with E-state index in [0.29, 0.717) is 17.8 Å². The number of ether oxygens (including phenoxy) is 1. The van der Waals surface area contributed by atoms with E-state index in [-0.39, 0.29) is 30.5 Å². The van der Waals surface area contributed by atoms with Gasteiger partial charge in [-0.25, -0.2) is 4.79 Å². The molecule has 0 aromatic heterocycles. The summed E-state index contributed by atoms with van der Waals surface area (Å²) >= 11 is 0. The maximum Gasteiger partial charge on any atom is 0.411 e. The fraction of sp³-hybridized carbons (Fsp3) is 0.500. The summed E-state index contributed by atoms with van der Waals surface area (Å²) in [5.41, 5.74) is 0.488. The molecule has 7 heteroatoms. The molecule has 0 bridgehead atoms. The van der Waals surface area contributed by atoms with Crippen LogP contribution in [0.25, 0.3) is 0 Å². The lowest BCUT2D eigenvalue weighted by molar-refractivity contribution is -0.123. The summed E-state index contributed by atoms with van der Waals surface area (Å²) in [5.74, 6) is -0.498. The molecule has 25 heavy (non-hydrogen) atoms. The van der Waals surface area contributed by atoms with E-state index in [4.69, 9.17) is 4.74 Å². The second-order valence-corrected chi connectivity index (χ2v) is 6.54. The van der Waals surface area contributed by atoms with E-state index in [1.54, 1.807) is 31.2 Å². The number of amides is 3. The highest BCUT2D eigenvalue weighted by Crippen LogP contribution is 2.13. The van der Waals surface area contributed by atoms with Gasteiger partial charge in [-0.2, -0.15) is 0 Å². The quantitative estimate of drug-likeness (QED) is 0.826. The Morgan fingerprint density at radius 3 is 2.40 bits per heavy atom. The molecular weight excluding hydrogens is 322 g/mol. The standard InChI is InChI=1S/C18H27N3O4/c1-6-21(12-15(22)20-18(3,4)5)16(23)13-9-8-10-14(11-13)19-17(24)25-7-2/h8-11H,6-7,12H2,1-5H3,(H,19,24)(H,20,22). The van der Waals surface area contributed by atoms with Crippen molar-refractivity contribution in [3.05, 3.63) is 29.8 Å². The highest BCUT2D eigenvalue weighted by molar-refractivity contribution is 5.98. The van der Waals surface area contributed by atoms with Crippen LogP contribution in [0.1, 0.15) is 45.0 Å². The summed E-state index contributed by atoms with van der Waals surface area (Å²) in [4.78, 5) is 37.6. The van der Waals surface area contributed by atoms with Crippen molar-refractivity contribution in [2.24, 2.45) is 0 Å². The third kappa shape index (κ3) is 7.24. The zero-order chi connectivity index (χ0) is 19.0. The molecule has 0 fully saturated rings. The molecule has 2 N–H and O–H groups in total. The van der Waals surface area contributed by atoms with Gasteiger partial charge >= 0.3 is 6.09 Å². The number of carbonyl (C=O) groups is 3. The topological polar surface area (TPSA) is 87.7 Å². The number of anilines is 1. The fourth-order valence-electron chi connectivity index (χ4n) is 2.16. The van der Waals surface area contributed by atoms with Gasteiger partial charge in [0.15, 0.2) is 0 Å². The third-order valence-electron chi connectivity index (χ3n) is 3.15. The number of carbonyl (C=O) groups excluding carboxylic acids is 3. The second-order valence-electron chi connectivity index (χ2n) is 6.54. The zero-order valence-electron chi connectivity index (χ0n) is 15.5. The van der Waals surface area contributed by atoms with Gasteiger partial charge in [0.25, 0.3) is 5.91 Å². The van der Waals surface area contributed by atoms with Crippen molar-refractivity contribution in [1.29, 1.82) is 0 Å². The molecule has 0 spiro atoms. The predicted molar refractivity (Wildman–Crippen MR) is 96.6 cm³/mol. The van der Waals surface area contributed by atoms with E-state index in [0.717, 1.165) is 0 Å². The van der Waals surface area contributed by atoms with E-state index in [1.807, 2.05) is 27.7 Å². The Bertz CT molecular complexity index is 623. The van der Waals surface area contributed by atoms with Crippen LogP contribution in [0.3, 0.4) is 0 Å². The van der Waals surface area contributed by atoms with E-state index in [2.05, 4.69) is 10.6 Å². The number of hydrogen-bond donors (Lipinski definition) is 2. The molecule has 7 nitrogen and oxygen atoms in total. The molecule has 0 heterocycles. The Hall–Kier alpha value is -2.57. The normalized spacial score (nSPS) is 10.8.